The Hall–Kier alpha value is -3.21. The van der Waals surface area contributed by atoms with Gasteiger partial charge in [0.25, 0.3) is 5.91 Å². The molecule has 10 heteroatoms. The highest BCUT2D eigenvalue weighted by Gasteiger charge is 2.28. The number of anilines is 1. The van der Waals surface area contributed by atoms with Crippen molar-refractivity contribution in [3.63, 3.8) is 0 Å². The topological polar surface area (TPSA) is 83.6 Å². The summed E-state index contributed by atoms with van der Waals surface area (Å²) < 4.78 is 30.4. The molecule has 1 unspecified atom stereocenters. The Morgan fingerprint density at radius 2 is 1.92 bits per heavy atom. The van der Waals surface area contributed by atoms with E-state index in [9.17, 15) is 14.0 Å². The van der Waals surface area contributed by atoms with Gasteiger partial charge in [-0.3, -0.25) is 9.69 Å². The van der Waals surface area contributed by atoms with Crippen LogP contribution in [0.4, 0.5) is 14.9 Å². The summed E-state index contributed by atoms with van der Waals surface area (Å²) in [5.74, 6) is -0.0629. The summed E-state index contributed by atoms with van der Waals surface area (Å²) >= 11 is 0. The van der Waals surface area contributed by atoms with Crippen LogP contribution in [0.2, 0.25) is 0 Å². The fourth-order valence-corrected chi connectivity index (χ4v) is 4.33. The molecule has 2 heterocycles. The van der Waals surface area contributed by atoms with Gasteiger partial charge in [0.1, 0.15) is 11.6 Å². The van der Waals surface area contributed by atoms with Crippen LogP contribution in [0.15, 0.2) is 48.5 Å². The van der Waals surface area contributed by atoms with E-state index in [1.807, 2.05) is 6.07 Å². The predicted molar refractivity (Wildman–Crippen MR) is 133 cm³/mol. The SMILES string of the molecule is COc1cccc(NC(=O)N2CCOC(CN(CCN3CCOCC3)C(=O)c3cccc(F)c3)C2)c1. The van der Waals surface area contributed by atoms with E-state index in [0.29, 0.717) is 69.5 Å². The molecule has 0 spiro atoms. The van der Waals surface area contributed by atoms with Crippen molar-refractivity contribution < 1.29 is 28.2 Å². The van der Waals surface area contributed by atoms with E-state index in [1.165, 1.54) is 18.2 Å². The van der Waals surface area contributed by atoms with E-state index in [0.717, 1.165) is 13.1 Å². The zero-order valence-electron chi connectivity index (χ0n) is 20.5. The molecule has 0 radical (unpaired) electrons. The Balaban J connectivity index is 1.40. The molecule has 4 rings (SSSR count). The van der Waals surface area contributed by atoms with Gasteiger partial charge in [-0.05, 0) is 30.3 Å². The minimum Gasteiger partial charge on any atom is -0.497 e. The van der Waals surface area contributed by atoms with E-state index < -0.39 is 5.82 Å². The number of amides is 3. The smallest absolute Gasteiger partial charge is 0.322 e. The molecule has 3 amide bonds. The number of halogens is 1. The summed E-state index contributed by atoms with van der Waals surface area (Å²) in [6.07, 6.45) is -0.364. The van der Waals surface area contributed by atoms with E-state index in [4.69, 9.17) is 14.2 Å². The van der Waals surface area contributed by atoms with Crippen LogP contribution in [0.25, 0.3) is 0 Å². The lowest BCUT2D eigenvalue weighted by Crippen LogP contribution is -2.52. The zero-order chi connectivity index (χ0) is 25.3. The summed E-state index contributed by atoms with van der Waals surface area (Å²) in [5.41, 5.74) is 0.927. The first-order chi connectivity index (χ1) is 17.5. The second-order valence-corrected chi connectivity index (χ2v) is 8.82. The van der Waals surface area contributed by atoms with E-state index in [2.05, 4.69) is 10.2 Å². The fourth-order valence-electron chi connectivity index (χ4n) is 4.33. The maximum atomic E-state index is 13.8. The van der Waals surface area contributed by atoms with Crippen LogP contribution in [-0.4, -0.2) is 105 Å². The highest BCUT2D eigenvalue weighted by atomic mass is 19.1. The number of morpholine rings is 2. The number of carbonyl (C=O) groups is 2. The molecule has 1 N–H and O–H groups in total. The Kier molecular flexibility index (Phi) is 9.10. The summed E-state index contributed by atoms with van der Waals surface area (Å²) in [5, 5.41) is 2.89. The number of carbonyl (C=O) groups excluding carboxylic acids is 2. The van der Waals surface area contributed by atoms with Gasteiger partial charge in [-0.25, -0.2) is 9.18 Å². The first-order valence-electron chi connectivity index (χ1n) is 12.2. The number of ether oxygens (including phenoxy) is 3. The molecule has 0 aromatic heterocycles. The number of hydrogen-bond acceptors (Lipinski definition) is 6. The number of methoxy groups -OCH3 is 1. The summed E-state index contributed by atoms with van der Waals surface area (Å²) in [6.45, 7) is 5.52. The van der Waals surface area contributed by atoms with Crippen molar-refractivity contribution in [2.75, 3.05) is 78.1 Å². The Morgan fingerprint density at radius 1 is 1.11 bits per heavy atom. The van der Waals surface area contributed by atoms with Gasteiger partial charge in [0, 0.05) is 56.6 Å². The molecule has 0 aliphatic carbocycles. The first-order valence-corrected chi connectivity index (χ1v) is 12.2. The molecule has 2 aromatic carbocycles. The number of benzene rings is 2. The minimum absolute atomic E-state index is 0.243. The van der Waals surface area contributed by atoms with Crippen molar-refractivity contribution in [1.29, 1.82) is 0 Å². The maximum absolute atomic E-state index is 13.8. The molecule has 36 heavy (non-hydrogen) atoms. The molecular weight excluding hydrogens is 467 g/mol. The van der Waals surface area contributed by atoms with Crippen LogP contribution in [0, 0.1) is 5.82 Å². The summed E-state index contributed by atoms with van der Waals surface area (Å²) in [4.78, 5) is 31.8. The van der Waals surface area contributed by atoms with Gasteiger partial charge >= 0.3 is 6.03 Å². The van der Waals surface area contributed by atoms with Crippen molar-refractivity contribution in [3.8, 4) is 5.75 Å². The van der Waals surface area contributed by atoms with Gasteiger partial charge in [0.15, 0.2) is 0 Å². The van der Waals surface area contributed by atoms with Gasteiger partial charge in [-0.2, -0.15) is 0 Å². The highest BCUT2D eigenvalue weighted by molar-refractivity contribution is 5.94. The van der Waals surface area contributed by atoms with Crippen molar-refractivity contribution in [2.45, 2.75) is 6.10 Å². The van der Waals surface area contributed by atoms with Crippen molar-refractivity contribution in [2.24, 2.45) is 0 Å². The van der Waals surface area contributed by atoms with Crippen LogP contribution in [0.3, 0.4) is 0 Å². The molecule has 0 saturated carbocycles. The monoisotopic (exact) mass is 500 g/mol. The molecule has 9 nitrogen and oxygen atoms in total. The summed E-state index contributed by atoms with van der Waals surface area (Å²) in [7, 11) is 1.57. The molecule has 2 aliphatic heterocycles. The maximum Gasteiger partial charge on any atom is 0.322 e. The molecule has 2 saturated heterocycles. The van der Waals surface area contributed by atoms with Gasteiger partial charge in [0.2, 0.25) is 0 Å². The van der Waals surface area contributed by atoms with Crippen LogP contribution in [0.1, 0.15) is 10.4 Å². The van der Waals surface area contributed by atoms with E-state index in [1.54, 1.807) is 41.2 Å². The number of nitrogens with zero attached hydrogens (tertiary/aromatic N) is 3. The number of hydrogen-bond donors (Lipinski definition) is 1. The van der Waals surface area contributed by atoms with Gasteiger partial charge in [-0.15, -0.1) is 0 Å². The first kappa shape index (κ1) is 25.9. The normalized spacial score (nSPS) is 18.5. The standard InChI is InChI=1S/C26H33FN4O5/c1-34-23-7-3-6-22(17-23)28-26(33)31-12-15-36-24(19-31)18-30(9-8-29-10-13-35-14-11-29)25(32)20-4-2-5-21(27)16-20/h2-7,16-17,24H,8-15,18-19H2,1H3,(H,28,33). The molecule has 194 valence electrons. The van der Waals surface area contributed by atoms with Crippen LogP contribution < -0.4 is 10.1 Å². The fraction of sp³-hybridized carbons (Fsp3) is 0.462. The molecular formula is C26H33FN4O5. The van der Waals surface area contributed by atoms with Crippen LogP contribution in [-0.2, 0) is 9.47 Å². The average molecular weight is 501 g/mol. The number of nitrogens with one attached hydrogen (secondary N) is 1. The van der Waals surface area contributed by atoms with Crippen LogP contribution in [0.5, 0.6) is 5.75 Å². The predicted octanol–water partition coefficient (Wildman–Crippen LogP) is 2.54. The molecule has 2 aliphatic rings. The van der Waals surface area contributed by atoms with Crippen molar-refractivity contribution >= 4 is 17.6 Å². The Labute approximate surface area is 210 Å². The molecule has 2 fully saturated rings. The Bertz CT molecular complexity index is 1030. The van der Waals surface area contributed by atoms with Crippen molar-refractivity contribution in [1.82, 2.24) is 14.7 Å². The zero-order valence-corrected chi connectivity index (χ0v) is 20.5. The largest absolute Gasteiger partial charge is 0.497 e. The summed E-state index contributed by atoms with van der Waals surface area (Å²) in [6, 6.07) is 12.6. The van der Waals surface area contributed by atoms with Crippen LogP contribution >= 0.6 is 0 Å². The molecule has 0 bridgehead atoms. The van der Waals surface area contributed by atoms with Gasteiger partial charge in [-0.1, -0.05) is 12.1 Å². The second-order valence-electron chi connectivity index (χ2n) is 8.82. The third-order valence-electron chi connectivity index (χ3n) is 6.32. The van der Waals surface area contributed by atoms with Crippen molar-refractivity contribution in [3.05, 3.63) is 59.9 Å². The third kappa shape index (κ3) is 7.16. The highest BCUT2D eigenvalue weighted by Crippen LogP contribution is 2.18. The second kappa shape index (κ2) is 12.7. The lowest BCUT2D eigenvalue weighted by Gasteiger charge is -2.36. The Morgan fingerprint density at radius 3 is 2.69 bits per heavy atom. The third-order valence-corrected chi connectivity index (χ3v) is 6.32. The van der Waals surface area contributed by atoms with Gasteiger partial charge in [0.05, 0.1) is 39.6 Å². The lowest BCUT2D eigenvalue weighted by atomic mass is 10.1. The van der Waals surface area contributed by atoms with Gasteiger partial charge < -0.3 is 29.3 Å². The number of urea groups is 1. The lowest BCUT2D eigenvalue weighted by molar-refractivity contribution is -0.0282. The quantitative estimate of drug-likeness (QED) is 0.600. The van der Waals surface area contributed by atoms with E-state index in [-0.39, 0.29) is 18.0 Å². The minimum atomic E-state index is -0.455. The van der Waals surface area contributed by atoms with E-state index >= 15 is 0 Å². The average Bonchev–Trinajstić information content (AvgIpc) is 2.91. The number of rotatable bonds is 8. The molecule has 1 atom stereocenters. The molecule has 2 aromatic rings.